The van der Waals surface area contributed by atoms with Crippen LogP contribution in [0.2, 0.25) is 0 Å². The Hall–Kier alpha value is -2.00. The Labute approximate surface area is 157 Å². The average molecular weight is 354 g/mol. The number of likely N-dealkylation sites (tertiary alicyclic amines) is 1. The van der Waals surface area contributed by atoms with Gasteiger partial charge in [0.25, 0.3) is 0 Å². The molecule has 2 atom stereocenters. The van der Waals surface area contributed by atoms with Crippen LogP contribution in [0.5, 0.6) is 11.5 Å². The molecular weight excluding hydrogens is 322 g/mol. The SMILES string of the molecule is C[C@H](c1ccc(OCCN2CCCCC2)cc1)[C@@H](C)c1ccc(O)cc1. The van der Waals surface area contributed by atoms with Gasteiger partial charge in [0.1, 0.15) is 18.1 Å². The molecule has 1 aliphatic heterocycles. The minimum absolute atomic E-state index is 0.319. The molecule has 2 aromatic rings. The molecule has 0 unspecified atom stereocenters. The zero-order valence-electron chi connectivity index (χ0n) is 16.0. The first kappa shape index (κ1) is 18.8. The minimum atomic E-state index is 0.319. The number of hydrogen-bond acceptors (Lipinski definition) is 3. The molecule has 0 amide bonds. The van der Waals surface area contributed by atoms with Crippen LogP contribution in [0, 0.1) is 0 Å². The normalized spacial score (nSPS) is 17.6. The second kappa shape index (κ2) is 9.09. The van der Waals surface area contributed by atoms with Crippen molar-refractivity contribution >= 4 is 0 Å². The van der Waals surface area contributed by atoms with E-state index in [0.717, 1.165) is 18.9 Å². The molecule has 2 aromatic carbocycles. The van der Waals surface area contributed by atoms with Crippen LogP contribution >= 0.6 is 0 Å². The van der Waals surface area contributed by atoms with Crippen molar-refractivity contribution in [1.82, 2.24) is 4.90 Å². The molecule has 0 saturated carbocycles. The molecule has 0 aromatic heterocycles. The van der Waals surface area contributed by atoms with Gasteiger partial charge in [-0.1, -0.05) is 44.5 Å². The highest BCUT2D eigenvalue weighted by Gasteiger charge is 2.16. The smallest absolute Gasteiger partial charge is 0.119 e. The van der Waals surface area contributed by atoms with E-state index in [-0.39, 0.29) is 0 Å². The molecule has 1 aliphatic rings. The number of piperidine rings is 1. The summed E-state index contributed by atoms with van der Waals surface area (Å²) < 4.78 is 5.93. The molecule has 1 fully saturated rings. The van der Waals surface area contributed by atoms with E-state index in [1.807, 2.05) is 12.1 Å². The second-order valence-electron chi connectivity index (χ2n) is 7.49. The number of hydrogen-bond donors (Lipinski definition) is 1. The summed E-state index contributed by atoms with van der Waals surface area (Å²) in [6.07, 6.45) is 4.02. The lowest BCUT2D eigenvalue weighted by atomic mass is 9.84. The molecule has 1 heterocycles. The third-order valence-electron chi connectivity index (χ3n) is 5.70. The van der Waals surface area contributed by atoms with Crippen molar-refractivity contribution in [2.75, 3.05) is 26.2 Å². The molecule has 0 aliphatic carbocycles. The molecule has 0 spiro atoms. The summed E-state index contributed by atoms with van der Waals surface area (Å²) in [4.78, 5) is 2.50. The maximum Gasteiger partial charge on any atom is 0.119 e. The number of nitrogens with zero attached hydrogens (tertiary/aromatic N) is 1. The fourth-order valence-corrected chi connectivity index (χ4v) is 3.70. The number of ether oxygens (including phenoxy) is 1. The van der Waals surface area contributed by atoms with Gasteiger partial charge in [-0.25, -0.2) is 0 Å². The van der Waals surface area contributed by atoms with Gasteiger partial charge in [0.15, 0.2) is 0 Å². The molecule has 3 nitrogen and oxygen atoms in total. The van der Waals surface area contributed by atoms with Crippen molar-refractivity contribution < 1.29 is 9.84 Å². The Morgan fingerprint density at radius 3 is 1.96 bits per heavy atom. The summed E-state index contributed by atoms with van der Waals surface area (Å²) in [6, 6.07) is 16.1. The summed E-state index contributed by atoms with van der Waals surface area (Å²) in [7, 11) is 0. The standard InChI is InChI=1S/C23H31NO2/c1-18(20-6-10-22(25)11-7-20)19(2)21-8-12-23(13-9-21)26-17-16-24-14-4-3-5-15-24/h6-13,18-19,25H,3-5,14-17H2,1-2H3/t18-,19+/m1/s1. The Morgan fingerprint density at radius 1 is 0.846 bits per heavy atom. The Bertz CT molecular complexity index is 660. The number of phenolic OH excluding ortho intramolecular Hbond substituents is 1. The van der Waals surface area contributed by atoms with Gasteiger partial charge in [0.2, 0.25) is 0 Å². The van der Waals surface area contributed by atoms with E-state index in [1.165, 1.54) is 43.5 Å². The lowest BCUT2D eigenvalue weighted by Gasteiger charge is -2.26. The van der Waals surface area contributed by atoms with Gasteiger partial charge in [-0.3, -0.25) is 4.90 Å². The molecule has 26 heavy (non-hydrogen) atoms. The highest BCUT2D eigenvalue weighted by Crippen LogP contribution is 2.33. The fraction of sp³-hybridized carbons (Fsp3) is 0.478. The van der Waals surface area contributed by atoms with Gasteiger partial charge in [-0.2, -0.15) is 0 Å². The Morgan fingerprint density at radius 2 is 1.38 bits per heavy atom. The maximum absolute atomic E-state index is 9.46. The highest BCUT2D eigenvalue weighted by molar-refractivity contribution is 5.34. The molecule has 3 rings (SSSR count). The van der Waals surface area contributed by atoms with E-state index >= 15 is 0 Å². The third kappa shape index (κ3) is 5.01. The Kier molecular flexibility index (Phi) is 6.56. The first-order valence-electron chi connectivity index (χ1n) is 9.87. The zero-order valence-corrected chi connectivity index (χ0v) is 16.0. The molecule has 1 N–H and O–H groups in total. The largest absolute Gasteiger partial charge is 0.508 e. The van der Waals surface area contributed by atoms with E-state index in [1.54, 1.807) is 12.1 Å². The molecular formula is C23H31NO2. The number of aromatic hydroxyl groups is 1. The number of benzene rings is 2. The van der Waals surface area contributed by atoms with Crippen LogP contribution in [-0.2, 0) is 0 Å². The third-order valence-corrected chi connectivity index (χ3v) is 5.70. The molecule has 0 bridgehead atoms. The lowest BCUT2D eigenvalue weighted by Crippen LogP contribution is -2.33. The summed E-state index contributed by atoms with van der Waals surface area (Å²) in [5.41, 5.74) is 2.56. The van der Waals surface area contributed by atoms with Crippen molar-refractivity contribution in [2.45, 2.75) is 44.9 Å². The van der Waals surface area contributed by atoms with Gasteiger partial charge in [-0.15, -0.1) is 0 Å². The monoisotopic (exact) mass is 353 g/mol. The van der Waals surface area contributed by atoms with Gasteiger partial charge < -0.3 is 9.84 Å². The fourth-order valence-electron chi connectivity index (χ4n) is 3.70. The second-order valence-corrected chi connectivity index (χ2v) is 7.49. The topological polar surface area (TPSA) is 32.7 Å². The first-order chi connectivity index (χ1) is 12.6. The zero-order chi connectivity index (χ0) is 18.4. The molecule has 140 valence electrons. The van der Waals surface area contributed by atoms with E-state index in [0.29, 0.717) is 17.6 Å². The summed E-state index contributed by atoms with van der Waals surface area (Å²) >= 11 is 0. The summed E-state index contributed by atoms with van der Waals surface area (Å²) in [6.45, 7) is 8.71. The quantitative estimate of drug-likeness (QED) is 0.746. The van der Waals surface area contributed by atoms with Crippen LogP contribution in [0.4, 0.5) is 0 Å². The van der Waals surface area contributed by atoms with Crippen LogP contribution in [0.15, 0.2) is 48.5 Å². The van der Waals surface area contributed by atoms with Crippen LogP contribution < -0.4 is 4.74 Å². The molecule has 1 saturated heterocycles. The molecule has 3 heteroatoms. The van der Waals surface area contributed by atoms with Gasteiger partial charge in [0, 0.05) is 6.54 Å². The first-order valence-corrected chi connectivity index (χ1v) is 9.87. The van der Waals surface area contributed by atoms with Crippen LogP contribution in [0.1, 0.15) is 56.1 Å². The van der Waals surface area contributed by atoms with Crippen molar-refractivity contribution in [3.63, 3.8) is 0 Å². The highest BCUT2D eigenvalue weighted by atomic mass is 16.5. The van der Waals surface area contributed by atoms with Crippen molar-refractivity contribution in [1.29, 1.82) is 0 Å². The molecule has 0 radical (unpaired) electrons. The van der Waals surface area contributed by atoms with Gasteiger partial charge in [0.05, 0.1) is 0 Å². The number of phenols is 1. The minimum Gasteiger partial charge on any atom is -0.508 e. The summed E-state index contributed by atoms with van der Waals surface area (Å²) in [5, 5.41) is 9.46. The predicted molar refractivity (Wildman–Crippen MR) is 107 cm³/mol. The summed E-state index contributed by atoms with van der Waals surface area (Å²) in [5.74, 6) is 2.07. The Balaban J connectivity index is 1.52. The maximum atomic E-state index is 9.46. The van der Waals surface area contributed by atoms with Crippen LogP contribution in [0.25, 0.3) is 0 Å². The van der Waals surface area contributed by atoms with E-state index in [4.69, 9.17) is 4.74 Å². The van der Waals surface area contributed by atoms with Crippen LogP contribution in [-0.4, -0.2) is 36.2 Å². The predicted octanol–water partition coefficient (Wildman–Crippen LogP) is 5.16. The van der Waals surface area contributed by atoms with Gasteiger partial charge in [-0.05, 0) is 73.2 Å². The lowest BCUT2D eigenvalue weighted by molar-refractivity contribution is 0.183. The van der Waals surface area contributed by atoms with E-state index < -0.39 is 0 Å². The van der Waals surface area contributed by atoms with Crippen LogP contribution in [0.3, 0.4) is 0 Å². The average Bonchev–Trinajstić information content (AvgIpc) is 2.69. The van der Waals surface area contributed by atoms with Crippen molar-refractivity contribution in [3.8, 4) is 11.5 Å². The van der Waals surface area contributed by atoms with Gasteiger partial charge >= 0.3 is 0 Å². The van der Waals surface area contributed by atoms with Crippen molar-refractivity contribution in [3.05, 3.63) is 59.7 Å². The van der Waals surface area contributed by atoms with Crippen molar-refractivity contribution in [2.24, 2.45) is 0 Å². The van der Waals surface area contributed by atoms with E-state index in [9.17, 15) is 5.11 Å². The van der Waals surface area contributed by atoms with E-state index in [2.05, 4.69) is 43.0 Å². The number of rotatable bonds is 7.